The van der Waals surface area contributed by atoms with E-state index >= 15 is 0 Å². The van der Waals surface area contributed by atoms with E-state index in [9.17, 15) is 18.3 Å². The fraction of sp³-hybridized carbons (Fsp3) is 0.273. The van der Waals surface area contributed by atoms with Gasteiger partial charge in [-0.2, -0.15) is 13.2 Å². The molecule has 16 heavy (non-hydrogen) atoms. The van der Waals surface area contributed by atoms with Crippen molar-refractivity contribution in [2.24, 2.45) is 0 Å². The van der Waals surface area contributed by atoms with Gasteiger partial charge < -0.3 is 9.84 Å². The largest absolute Gasteiger partial charge is 0.497 e. The minimum atomic E-state index is -4.60. The van der Waals surface area contributed by atoms with E-state index in [4.69, 9.17) is 4.74 Å². The third kappa shape index (κ3) is 2.76. The van der Waals surface area contributed by atoms with Crippen molar-refractivity contribution in [1.29, 1.82) is 0 Å². The standard InChI is InChI=1S/C11H11F3O2/c1-7(11(12,13)14)10(15)8-3-5-9(16-2)6-4-8/h3-6,10,15H,1H2,2H3. The van der Waals surface area contributed by atoms with Crippen LogP contribution < -0.4 is 4.74 Å². The van der Waals surface area contributed by atoms with Gasteiger partial charge in [0.2, 0.25) is 0 Å². The molecule has 0 bridgehead atoms. The minimum Gasteiger partial charge on any atom is -0.497 e. The van der Waals surface area contributed by atoms with Crippen molar-refractivity contribution >= 4 is 0 Å². The van der Waals surface area contributed by atoms with E-state index < -0.39 is 17.9 Å². The summed E-state index contributed by atoms with van der Waals surface area (Å²) in [5, 5.41) is 9.43. The van der Waals surface area contributed by atoms with Gasteiger partial charge in [0.15, 0.2) is 0 Å². The Balaban J connectivity index is 2.88. The van der Waals surface area contributed by atoms with Crippen LogP contribution in [-0.4, -0.2) is 18.4 Å². The molecule has 0 amide bonds. The Labute approximate surface area is 91.0 Å². The number of rotatable bonds is 3. The number of alkyl halides is 3. The van der Waals surface area contributed by atoms with Crippen molar-refractivity contribution in [2.75, 3.05) is 7.11 Å². The van der Waals surface area contributed by atoms with Crippen LogP contribution in [0.1, 0.15) is 11.7 Å². The Hall–Kier alpha value is -1.49. The normalized spacial score (nSPS) is 13.3. The van der Waals surface area contributed by atoms with Crippen LogP contribution in [0.25, 0.3) is 0 Å². The van der Waals surface area contributed by atoms with E-state index in [0.29, 0.717) is 5.75 Å². The second-order valence-corrected chi connectivity index (χ2v) is 3.20. The molecule has 0 saturated carbocycles. The van der Waals surface area contributed by atoms with E-state index in [1.54, 1.807) is 0 Å². The van der Waals surface area contributed by atoms with Crippen molar-refractivity contribution < 1.29 is 23.0 Å². The molecule has 1 N–H and O–H groups in total. The van der Waals surface area contributed by atoms with E-state index in [0.717, 1.165) is 0 Å². The summed E-state index contributed by atoms with van der Waals surface area (Å²) < 4.78 is 41.6. The van der Waals surface area contributed by atoms with Crippen molar-refractivity contribution in [3.8, 4) is 5.75 Å². The quantitative estimate of drug-likeness (QED) is 0.812. The van der Waals surface area contributed by atoms with Crippen molar-refractivity contribution in [3.63, 3.8) is 0 Å². The zero-order chi connectivity index (χ0) is 12.3. The molecule has 1 rings (SSSR count). The van der Waals surface area contributed by atoms with Crippen LogP contribution in [0.3, 0.4) is 0 Å². The maximum absolute atomic E-state index is 12.2. The highest BCUT2D eigenvalue weighted by Gasteiger charge is 2.36. The average Bonchev–Trinajstić information content (AvgIpc) is 2.26. The molecule has 0 heterocycles. The second kappa shape index (κ2) is 4.57. The number of halogens is 3. The lowest BCUT2D eigenvalue weighted by atomic mass is 10.0. The Bertz CT molecular complexity index is 368. The van der Waals surface area contributed by atoms with Crippen molar-refractivity contribution in [3.05, 3.63) is 42.0 Å². The van der Waals surface area contributed by atoms with Gasteiger partial charge in [-0.05, 0) is 17.7 Å². The van der Waals surface area contributed by atoms with Gasteiger partial charge in [0.05, 0.1) is 12.7 Å². The van der Waals surface area contributed by atoms with Gasteiger partial charge in [-0.1, -0.05) is 18.7 Å². The molecule has 0 aromatic heterocycles. The summed E-state index contributed by atoms with van der Waals surface area (Å²) in [5.41, 5.74) is -1.05. The van der Waals surface area contributed by atoms with Gasteiger partial charge >= 0.3 is 6.18 Å². The van der Waals surface area contributed by atoms with E-state index in [1.165, 1.54) is 31.4 Å². The van der Waals surface area contributed by atoms with Crippen LogP contribution >= 0.6 is 0 Å². The Morgan fingerprint density at radius 3 is 2.19 bits per heavy atom. The molecule has 1 atom stereocenters. The highest BCUT2D eigenvalue weighted by Crippen LogP contribution is 2.34. The van der Waals surface area contributed by atoms with E-state index in [2.05, 4.69) is 6.58 Å². The molecule has 1 aromatic rings. The molecule has 0 aliphatic heterocycles. The molecule has 0 radical (unpaired) electrons. The number of hydrogen-bond acceptors (Lipinski definition) is 2. The fourth-order valence-corrected chi connectivity index (χ4v) is 1.14. The van der Waals surface area contributed by atoms with Crippen molar-refractivity contribution in [2.45, 2.75) is 12.3 Å². The summed E-state index contributed by atoms with van der Waals surface area (Å²) in [5.74, 6) is 0.508. The lowest BCUT2D eigenvalue weighted by Crippen LogP contribution is -2.17. The fourth-order valence-electron chi connectivity index (χ4n) is 1.14. The van der Waals surface area contributed by atoms with Crippen LogP contribution in [0, 0.1) is 0 Å². The lowest BCUT2D eigenvalue weighted by Gasteiger charge is -2.16. The summed E-state index contributed by atoms with van der Waals surface area (Å²) in [6.07, 6.45) is -6.34. The maximum atomic E-state index is 12.2. The SMILES string of the molecule is C=C(C(O)c1ccc(OC)cc1)C(F)(F)F. The summed E-state index contributed by atoms with van der Waals surface area (Å²) >= 11 is 0. The van der Waals surface area contributed by atoms with Gasteiger partial charge in [-0.3, -0.25) is 0 Å². The predicted molar refractivity (Wildman–Crippen MR) is 53.1 cm³/mol. The zero-order valence-corrected chi connectivity index (χ0v) is 8.58. The molecular formula is C11H11F3O2. The number of aliphatic hydroxyl groups excluding tert-OH is 1. The molecule has 1 aromatic carbocycles. The van der Waals surface area contributed by atoms with Crippen LogP contribution in [0.4, 0.5) is 13.2 Å². The highest BCUT2D eigenvalue weighted by molar-refractivity contribution is 5.32. The zero-order valence-electron chi connectivity index (χ0n) is 8.58. The first-order valence-electron chi connectivity index (χ1n) is 4.44. The summed E-state index contributed by atoms with van der Waals surface area (Å²) in [6, 6.07) is 5.67. The van der Waals surface area contributed by atoms with Crippen molar-refractivity contribution in [1.82, 2.24) is 0 Å². The number of ether oxygens (including phenoxy) is 1. The number of hydrogen-bond donors (Lipinski definition) is 1. The number of aliphatic hydroxyl groups is 1. The lowest BCUT2D eigenvalue weighted by molar-refractivity contribution is -0.105. The molecule has 0 aliphatic rings. The predicted octanol–water partition coefficient (Wildman–Crippen LogP) is 2.85. The smallest absolute Gasteiger partial charge is 0.414 e. The molecular weight excluding hydrogens is 221 g/mol. The summed E-state index contributed by atoms with van der Waals surface area (Å²) in [4.78, 5) is 0. The van der Waals surface area contributed by atoms with Gasteiger partial charge in [-0.25, -0.2) is 0 Å². The Morgan fingerprint density at radius 1 is 1.31 bits per heavy atom. The molecule has 0 saturated heterocycles. The molecule has 0 aliphatic carbocycles. The minimum absolute atomic E-state index is 0.128. The molecule has 2 nitrogen and oxygen atoms in total. The molecule has 88 valence electrons. The van der Waals surface area contributed by atoms with Crippen LogP contribution in [0.2, 0.25) is 0 Å². The third-order valence-corrected chi connectivity index (χ3v) is 2.13. The maximum Gasteiger partial charge on any atom is 0.414 e. The second-order valence-electron chi connectivity index (χ2n) is 3.20. The van der Waals surface area contributed by atoms with Crippen LogP contribution in [0.15, 0.2) is 36.4 Å². The monoisotopic (exact) mass is 232 g/mol. The van der Waals surface area contributed by atoms with E-state index in [1.807, 2.05) is 0 Å². The summed E-state index contributed by atoms with van der Waals surface area (Å²) in [7, 11) is 1.44. The molecule has 0 spiro atoms. The average molecular weight is 232 g/mol. The highest BCUT2D eigenvalue weighted by atomic mass is 19.4. The van der Waals surface area contributed by atoms with Gasteiger partial charge in [0.25, 0.3) is 0 Å². The molecule has 1 unspecified atom stereocenters. The molecule has 0 fully saturated rings. The number of benzene rings is 1. The number of methoxy groups -OCH3 is 1. The van der Waals surface area contributed by atoms with Crippen LogP contribution in [0.5, 0.6) is 5.75 Å². The van der Waals surface area contributed by atoms with Gasteiger partial charge in [0, 0.05) is 0 Å². The molecule has 5 heteroatoms. The Kier molecular flexibility index (Phi) is 3.59. The van der Waals surface area contributed by atoms with Gasteiger partial charge in [0.1, 0.15) is 11.9 Å². The van der Waals surface area contributed by atoms with E-state index in [-0.39, 0.29) is 5.56 Å². The van der Waals surface area contributed by atoms with Crippen LogP contribution in [-0.2, 0) is 0 Å². The Morgan fingerprint density at radius 2 is 1.81 bits per heavy atom. The first-order valence-corrected chi connectivity index (χ1v) is 4.44. The topological polar surface area (TPSA) is 29.5 Å². The van der Waals surface area contributed by atoms with Gasteiger partial charge in [-0.15, -0.1) is 0 Å². The third-order valence-electron chi connectivity index (χ3n) is 2.13. The first kappa shape index (κ1) is 12.6. The first-order chi connectivity index (χ1) is 7.36. The summed E-state index contributed by atoms with van der Waals surface area (Å²) in [6.45, 7) is 2.84.